The molecule has 1 heterocycles. The Morgan fingerprint density at radius 1 is 1.14 bits per heavy atom. The van der Waals surface area contributed by atoms with Crippen molar-refractivity contribution in [2.24, 2.45) is 5.92 Å². The van der Waals surface area contributed by atoms with Crippen LogP contribution in [0, 0.1) is 5.92 Å². The van der Waals surface area contributed by atoms with Crippen LogP contribution in [0.3, 0.4) is 0 Å². The number of urea groups is 1. The number of hydrogen-bond acceptors (Lipinski definition) is 3. The molecule has 1 aromatic carbocycles. The minimum atomic E-state index is -0.188. The molecule has 1 aromatic rings. The summed E-state index contributed by atoms with van der Waals surface area (Å²) >= 11 is 6.08. The van der Waals surface area contributed by atoms with Crippen LogP contribution in [0.15, 0.2) is 18.2 Å². The predicted octanol–water partition coefficient (Wildman–Crippen LogP) is 4.39. The molecule has 154 valence electrons. The summed E-state index contributed by atoms with van der Waals surface area (Å²) in [7, 11) is 0. The Morgan fingerprint density at radius 3 is 2.50 bits per heavy atom. The van der Waals surface area contributed by atoms with E-state index in [1.807, 2.05) is 11.8 Å². The second-order valence-electron chi connectivity index (χ2n) is 7.64. The molecule has 3 amide bonds. The Balaban J connectivity index is 1.51. The van der Waals surface area contributed by atoms with E-state index in [4.69, 9.17) is 16.3 Å². The first-order valence-corrected chi connectivity index (χ1v) is 10.7. The molecule has 0 radical (unpaired) electrons. The van der Waals surface area contributed by atoms with Crippen molar-refractivity contribution in [1.82, 2.24) is 9.80 Å². The molecule has 3 rings (SSSR count). The molecule has 0 spiro atoms. The number of halogens is 1. The third-order valence-electron chi connectivity index (χ3n) is 5.50. The van der Waals surface area contributed by atoms with Crippen LogP contribution in [0.1, 0.15) is 45.4 Å². The van der Waals surface area contributed by atoms with Crippen LogP contribution in [0.4, 0.5) is 10.5 Å². The molecule has 1 saturated heterocycles. The first-order chi connectivity index (χ1) is 13.6. The fourth-order valence-corrected chi connectivity index (χ4v) is 4.05. The highest BCUT2D eigenvalue weighted by Gasteiger charge is 2.27. The normalized spacial score (nSPS) is 17.6. The van der Waals surface area contributed by atoms with Gasteiger partial charge in [0, 0.05) is 37.6 Å². The zero-order valence-corrected chi connectivity index (χ0v) is 17.3. The van der Waals surface area contributed by atoms with Gasteiger partial charge in [-0.15, -0.1) is 0 Å². The van der Waals surface area contributed by atoms with Gasteiger partial charge in [-0.25, -0.2) is 4.79 Å². The molecule has 0 bridgehead atoms. The molecule has 2 fully saturated rings. The SMILES string of the molecule is CCCOc1ccc(Cl)cc1NC(=O)N1CCN(C(=O)CC2CCCC2)CC1. The summed E-state index contributed by atoms with van der Waals surface area (Å²) in [5, 5.41) is 3.45. The average Bonchev–Trinajstić information content (AvgIpc) is 3.20. The van der Waals surface area contributed by atoms with Gasteiger partial charge in [0.2, 0.25) is 5.91 Å². The van der Waals surface area contributed by atoms with Gasteiger partial charge in [-0.2, -0.15) is 0 Å². The summed E-state index contributed by atoms with van der Waals surface area (Å²) in [6.45, 7) is 4.86. The highest BCUT2D eigenvalue weighted by molar-refractivity contribution is 6.31. The second kappa shape index (κ2) is 10.0. The molecule has 2 aliphatic rings. The predicted molar refractivity (Wildman–Crippen MR) is 111 cm³/mol. The first-order valence-electron chi connectivity index (χ1n) is 10.3. The highest BCUT2D eigenvalue weighted by Crippen LogP contribution is 2.29. The first kappa shape index (κ1) is 20.8. The van der Waals surface area contributed by atoms with E-state index in [2.05, 4.69) is 5.32 Å². The molecule has 0 atom stereocenters. The van der Waals surface area contributed by atoms with Crippen molar-refractivity contribution in [2.75, 3.05) is 38.1 Å². The molecule has 1 aliphatic carbocycles. The Bertz CT molecular complexity index is 683. The molecule has 1 aliphatic heterocycles. The summed E-state index contributed by atoms with van der Waals surface area (Å²) in [5.74, 6) is 1.40. The fraction of sp³-hybridized carbons (Fsp3) is 0.619. The summed E-state index contributed by atoms with van der Waals surface area (Å²) < 4.78 is 5.70. The minimum absolute atomic E-state index is 0.188. The molecule has 6 nitrogen and oxygen atoms in total. The quantitative estimate of drug-likeness (QED) is 0.760. The molecule has 0 aromatic heterocycles. The van der Waals surface area contributed by atoms with Gasteiger partial charge in [0.1, 0.15) is 5.75 Å². The number of nitrogens with zero attached hydrogens (tertiary/aromatic N) is 2. The monoisotopic (exact) mass is 407 g/mol. The lowest BCUT2D eigenvalue weighted by molar-refractivity contribution is -0.133. The van der Waals surface area contributed by atoms with E-state index in [1.165, 1.54) is 25.7 Å². The van der Waals surface area contributed by atoms with Crippen LogP contribution < -0.4 is 10.1 Å². The second-order valence-corrected chi connectivity index (χ2v) is 8.08. The zero-order chi connectivity index (χ0) is 19.9. The van der Waals surface area contributed by atoms with Gasteiger partial charge in [-0.3, -0.25) is 4.79 Å². The largest absolute Gasteiger partial charge is 0.491 e. The van der Waals surface area contributed by atoms with Gasteiger partial charge in [0.25, 0.3) is 0 Å². The van der Waals surface area contributed by atoms with Crippen LogP contribution >= 0.6 is 11.6 Å². The van der Waals surface area contributed by atoms with Gasteiger partial charge in [-0.05, 0) is 43.4 Å². The molecule has 7 heteroatoms. The van der Waals surface area contributed by atoms with Crippen molar-refractivity contribution in [1.29, 1.82) is 0 Å². The van der Waals surface area contributed by atoms with Crippen molar-refractivity contribution in [3.05, 3.63) is 23.2 Å². The molecular formula is C21H30ClN3O3. The van der Waals surface area contributed by atoms with Crippen LogP contribution in [0.5, 0.6) is 5.75 Å². The summed E-state index contributed by atoms with van der Waals surface area (Å²) in [6.07, 6.45) is 6.39. The number of carbonyl (C=O) groups is 2. The van der Waals surface area contributed by atoms with Gasteiger partial charge in [0.15, 0.2) is 0 Å². The number of piperazine rings is 1. The summed E-state index contributed by atoms with van der Waals surface area (Å²) in [6, 6.07) is 5.03. The fourth-order valence-electron chi connectivity index (χ4n) is 3.88. The smallest absolute Gasteiger partial charge is 0.322 e. The Labute approximate surface area is 172 Å². The number of anilines is 1. The average molecular weight is 408 g/mol. The number of ether oxygens (including phenoxy) is 1. The van der Waals surface area contributed by atoms with Crippen LogP contribution in [-0.2, 0) is 4.79 Å². The Morgan fingerprint density at radius 2 is 1.82 bits per heavy atom. The zero-order valence-electron chi connectivity index (χ0n) is 16.6. The number of nitrogens with one attached hydrogen (secondary N) is 1. The number of amides is 3. The minimum Gasteiger partial charge on any atom is -0.491 e. The van der Waals surface area contributed by atoms with E-state index >= 15 is 0 Å². The Kier molecular flexibility index (Phi) is 7.43. The number of rotatable bonds is 6. The van der Waals surface area contributed by atoms with Gasteiger partial charge < -0.3 is 19.9 Å². The van der Waals surface area contributed by atoms with Gasteiger partial charge in [-0.1, -0.05) is 31.4 Å². The van der Waals surface area contributed by atoms with Gasteiger partial charge >= 0.3 is 6.03 Å². The van der Waals surface area contributed by atoms with E-state index in [-0.39, 0.29) is 11.9 Å². The van der Waals surface area contributed by atoms with E-state index in [1.54, 1.807) is 23.1 Å². The van der Waals surface area contributed by atoms with Crippen LogP contribution in [0.25, 0.3) is 0 Å². The summed E-state index contributed by atoms with van der Waals surface area (Å²) in [4.78, 5) is 28.8. The lowest BCUT2D eigenvalue weighted by atomic mass is 10.0. The van der Waals surface area contributed by atoms with Crippen molar-refractivity contribution >= 4 is 29.2 Å². The third-order valence-corrected chi connectivity index (χ3v) is 5.74. The maximum atomic E-state index is 12.7. The molecule has 1 saturated carbocycles. The van der Waals surface area contributed by atoms with E-state index < -0.39 is 0 Å². The molecule has 0 unspecified atom stereocenters. The van der Waals surface area contributed by atoms with Crippen molar-refractivity contribution in [2.45, 2.75) is 45.4 Å². The topological polar surface area (TPSA) is 61.9 Å². The van der Waals surface area contributed by atoms with Crippen LogP contribution in [0.2, 0.25) is 5.02 Å². The van der Waals surface area contributed by atoms with E-state index in [0.29, 0.717) is 61.6 Å². The Hall–Kier alpha value is -1.95. The lowest BCUT2D eigenvalue weighted by Gasteiger charge is -2.35. The van der Waals surface area contributed by atoms with Crippen molar-refractivity contribution in [3.63, 3.8) is 0 Å². The number of hydrogen-bond donors (Lipinski definition) is 1. The van der Waals surface area contributed by atoms with Crippen molar-refractivity contribution in [3.8, 4) is 5.75 Å². The lowest BCUT2D eigenvalue weighted by Crippen LogP contribution is -2.51. The third kappa shape index (κ3) is 5.53. The van der Waals surface area contributed by atoms with Crippen LogP contribution in [-0.4, -0.2) is 54.5 Å². The maximum Gasteiger partial charge on any atom is 0.322 e. The maximum absolute atomic E-state index is 12.7. The number of carbonyl (C=O) groups excluding carboxylic acids is 2. The van der Waals surface area contributed by atoms with Gasteiger partial charge in [0.05, 0.1) is 12.3 Å². The molecular weight excluding hydrogens is 378 g/mol. The summed E-state index contributed by atoms with van der Waals surface area (Å²) in [5.41, 5.74) is 0.575. The number of benzene rings is 1. The standard InChI is InChI=1S/C21H30ClN3O3/c1-2-13-28-19-8-7-17(22)15-18(19)23-21(27)25-11-9-24(10-12-25)20(26)14-16-5-3-4-6-16/h7-8,15-16H,2-6,9-14H2,1H3,(H,23,27). The molecule has 28 heavy (non-hydrogen) atoms. The van der Waals surface area contributed by atoms with E-state index in [0.717, 1.165) is 6.42 Å². The molecule has 1 N–H and O–H groups in total. The van der Waals surface area contributed by atoms with Crippen molar-refractivity contribution < 1.29 is 14.3 Å². The highest BCUT2D eigenvalue weighted by atomic mass is 35.5. The van der Waals surface area contributed by atoms with E-state index in [9.17, 15) is 9.59 Å².